The van der Waals surface area contributed by atoms with Crippen molar-refractivity contribution in [1.29, 1.82) is 0 Å². The van der Waals surface area contributed by atoms with E-state index in [1.165, 1.54) is 0 Å². The molecular weight excluding hydrogens is 124 g/mol. The standard InChI is InChI=1S/C5H10O4/c1-2-9-3-4(6)5(7)8/h4,6H,2-3H2,1H3,(H,7,8)/t4-/m1/s1. The van der Waals surface area contributed by atoms with Crippen molar-refractivity contribution < 1.29 is 19.7 Å². The Labute approximate surface area is 53.1 Å². The Morgan fingerprint density at radius 2 is 2.33 bits per heavy atom. The number of aliphatic carboxylic acids is 1. The molecule has 1 atom stereocenters. The zero-order valence-electron chi connectivity index (χ0n) is 5.20. The van der Waals surface area contributed by atoms with Crippen molar-refractivity contribution in [2.75, 3.05) is 13.2 Å². The fourth-order valence-corrected chi connectivity index (χ4v) is 0.301. The summed E-state index contributed by atoms with van der Waals surface area (Å²) in [7, 11) is 0. The molecule has 0 aliphatic carbocycles. The van der Waals surface area contributed by atoms with E-state index in [2.05, 4.69) is 4.74 Å². The van der Waals surface area contributed by atoms with E-state index in [0.717, 1.165) is 0 Å². The Morgan fingerprint density at radius 1 is 1.78 bits per heavy atom. The van der Waals surface area contributed by atoms with Crippen LogP contribution in [0.1, 0.15) is 6.92 Å². The van der Waals surface area contributed by atoms with Crippen molar-refractivity contribution in [3.05, 3.63) is 0 Å². The molecule has 0 saturated heterocycles. The van der Waals surface area contributed by atoms with Crippen molar-refractivity contribution in [3.63, 3.8) is 0 Å². The Bertz CT molecular complexity index is 91.0. The van der Waals surface area contributed by atoms with Crippen LogP contribution in [-0.4, -0.2) is 35.5 Å². The van der Waals surface area contributed by atoms with Crippen LogP contribution in [0.5, 0.6) is 0 Å². The Hall–Kier alpha value is -0.610. The Kier molecular flexibility index (Phi) is 4.00. The molecule has 0 amide bonds. The van der Waals surface area contributed by atoms with Gasteiger partial charge in [-0.25, -0.2) is 4.79 Å². The third kappa shape index (κ3) is 3.93. The van der Waals surface area contributed by atoms with Crippen LogP contribution in [0, 0.1) is 0 Å². The number of carboxylic acids is 1. The molecule has 0 fully saturated rings. The molecule has 9 heavy (non-hydrogen) atoms. The summed E-state index contributed by atoms with van der Waals surface area (Å²) >= 11 is 0. The number of hydrogen-bond acceptors (Lipinski definition) is 3. The van der Waals surface area contributed by atoms with E-state index in [0.29, 0.717) is 6.61 Å². The molecule has 0 rings (SSSR count). The predicted molar refractivity (Wildman–Crippen MR) is 30.1 cm³/mol. The lowest BCUT2D eigenvalue weighted by molar-refractivity contribution is -0.149. The minimum atomic E-state index is -1.38. The van der Waals surface area contributed by atoms with Gasteiger partial charge in [0, 0.05) is 6.61 Å². The van der Waals surface area contributed by atoms with E-state index in [9.17, 15) is 4.79 Å². The van der Waals surface area contributed by atoms with E-state index < -0.39 is 12.1 Å². The molecular formula is C5H10O4. The van der Waals surface area contributed by atoms with E-state index in [1.807, 2.05) is 0 Å². The second kappa shape index (κ2) is 4.29. The summed E-state index contributed by atoms with van der Waals surface area (Å²) in [6, 6.07) is 0. The molecule has 0 aliphatic heterocycles. The van der Waals surface area contributed by atoms with Gasteiger partial charge in [-0.2, -0.15) is 0 Å². The summed E-state index contributed by atoms with van der Waals surface area (Å²) in [5.74, 6) is -1.25. The monoisotopic (exact) mass is 134 g/mol. The van der Waals surface area contributed by atoms with Gasteiger partial charge in [-0.15, -0.1) is 0 Å². The lowest BCUT2D eigenvalue weighted by Crippen LogP contribution is -2.25. The van der Waals surface area contributed by atoms with Gasteiger partial charge >= 0.3 is 5.97 Å². The van der Waals surface area contributed by atoms with Gasteiger partial charge in [-0.1, -0.05) is 0 Å². The molecule has 0 bridgehead atoms. The fourth-order valence-electron chi connectivity index (χ4n) is 0.301. The molecule has 0 spiro atoms. The average molecular weight is 134 g/mol. The number of carboxylic acid groups (broad SMARTS) is 1. The number of rotatable bonds is 4. The SMILES string of the molecule is CCOC[C@@H](O)C(=O)O. The summed E-state index contributed by atoms with van der Waals surface area (Å²) in [4.78, 5) is 9.88. The maximum atomic E-state index is 9.88. The van der Waals surface area contributed by atoms with Crippen molar-refractivity contribution in [2.45, 2.75) is 13.0 Å². The molecule has 2 N–H and O–H groups in total. The van der Waals surface area contributed by atoms with Gasteiger partial charge in [0.25, 0.3) is 0 Å². The summed E-state index contributed by atoms with van der Waals surface area (Å²) < 4.78 is 4.63. The van der Waals surface area contributed by atoms with E-state index >= 15 is 0 Å². The number of aliphatic hydroxyl groups is 1. The highest BCUT2D eigenvalue weighted by Crippen LogP contribution is 1.83. The highest BCUT2D eigenvalue weighted by molar-refractivity contribution is 5.71. The van der Waals surface area contributed by atoms with Crippen LogP contribution in [0.15, 0.2) is 0 Å². The molecule has 54 valence electrons. The summed E-state index contributed by atoms with van der Waals surface area (Å²) in [6.45, 7) is 2.02. The molecule has 0 aromatic heterocycles. The predicted octanol–water partition coefficient (Wildman–Crippen LogP) is -0.532. The second-order valence-corrected chi connectivity index (χ2v) is 1.51. The molecule has 4 heteroatoms. The van der Waals surface area contributed by atoms with Crippen molar-refractivity contribution >= 4 is 5.97 Å². The summed E-state index contributed by atoms with van der Waals surface area (Å²) in [5, 5.41) is 16.6. The molecule has 0 aromatic carbocycles. The van der Waals surface area contributed by atoms with Crippen LogP contribution in [0.3, 0.4) is 0 Å². The first-order valence-corrected chi connectivity index (χ1v) is 2.67. The number of ether oxygens (including phenoxy) is 1. The van der Waals surface area contributed by atoms with Crippen molar-refractivity contribution in [1.82, 2.24) is 0 Å². The van der Waals surface area contributed by atoms with Gasteiger partial charge in [-0.3, -0.25) is 0 Å². The maximum Gasteiger partial charge on any atom is 0.334 e. The third-order valence-corrected chi connectivity index (χ3v) is 0.765. The van der Waals surface area contributed by atoms with Gasteiger partial charge in [0.15, 0.2) is 6.10 Å². The molecule has 0 unspecified atom stereocenters. The molecule has 4 nitrogen and oxygen atoms in total. The lowest BCUT2D eigenvalue weighted by atomic mass is 10.4. The first kappa shape index (κ1) is 8.39. The molecule has 0 saturated carbocycles. The van der Waals surface area contributed by atoms with Crippen LogP contribution in [0.25, 0.3) is 0 Å². The quantitative estimate of drug-likeness (QED) is 0.542. The zero-order valence-corrected chi connectivity index (χ0v) is 5.20. The van der Waals surface area contributed by atoms with Gasteiger partial charge in [0.05, 0.1) is 6.61 Å². The van der Waals surface area contributed by atoms with Crippen LogP contribution in [0.4, 0.5) is 0 Å². The largest absolute Gasteiger partial charge is 0.479 e. The Morgan fingerprint density at radius 3 is 2.67 bits per heavy atom. The first-order valence-electron chi connectivity index (χ1n) is 2.67. The molecule has 0 radical (unpaired) electrons. The topological polar surface area (TPSA) is 66.8 Å². The first-order chi connectivity index (χ1) is 4.18. The van der Waals surface area contributed by atoms with E-state index in [4.69, 9.17) is 10.2 Å². The summed E-state index contributed by atoms with van der Waals surface area (Å²) in [6.07, 6.45) is -1.38. The van der Waals surface area contributed by atoms with Gasteiger partial charge in [-0.05, 0) is 6.92 Å². The lowest BCUT2D eigenvalue weighted by Gasteiger charge is -2.02. The maximum absolute atomic E-state index is 9.88. The minimum Gasteiger partial charge on any atom is -0.479 e. The van der Waals surface area contributed by atoms with Gasteiger partial charge in [0.2, 0.25) is 0 Å². The van der Waals surface area contributed by atoms with Gasteiger partial charge < -0.3 is 14.9 Å². The van der Waals surface area contributed by atoms with Crippen LogP contribution in [-0.2, 0) is 9.53 Å². The smallest absolute Gasteiger partial charge is 0.334 e. The average Bonchev–Trinajstić information content (AvgIpc) is 1.82. The fraction of sp³-hybridized carbons (Fsp3) is 0.800. The van der Waals surface area contributed by atoms with Gasteiger partial charge in [0.1, 0.15) is 0 Å². The summed E-state index contributed by atoms with van der Waals surface area (Å²) in [5.41, 5.74) is 0. The normalized spacial score (nSPS) is 13.1. The highest BCUT2D eigenvalue weighted by Gasteiger charge is 2.11. The molecule has 0 aromatic rings. The van der Waals surface area contributed by atoms with Crippen molar-refractivity contribution in [3.8, 4) is 0 Å². The van der Waals surface area contributed by atoms with Crippen LogP contribution >= 0.6 is 0 Å². The van der Waals surface area contributed by atoms with Crippen LogP contribution in [0.2, 0.25) is 0 Å². The van der Waals surface area contributed by atoms with E-state index in [1.54, 1.807) is 6.92 Å². The Balaban J connectivity index is 3.27. The third-order valence-electron chi connectivity index (χ3n) is 0.765. The number of aliphatic hydroxyl groups excluding tert-OH is 1. The molecule has 0 aliphatic rings. The highest BCUT2D eigenvalue weighted by atomic mass is 16.5. The number of hydrogen-bond donors (Lipinski definition) is 2. The van der Waals surface area contributed by atoms with E-state index in [-0.39, 0.29) is 6.61 Å². The van der Waals surface area contributed by atoms with Crippen molar-refractivity contribution in [2.24, 2.45) is 0 Å². The van der Waals surface area contributed by atoms with Crippen LogP contribution < -0.4 is 0 Å². The second-order valence-electron chi connectivity index (χ2n) is 1.51. The number of carbonyl (C=O) groups is 1. The zero-order chi connectivity index (χ0) is 7.28. The molecule has 0 heterocycles. The minimum absolute atomic E-state index is 0.133.